The number of aromatic nitrogens is 1. The molecule has 0 bridgehead atoms. The molecular weight excluding hydrogens is 329 g/mol. The second kappa shape index (κ2) is 6.65. The molecule has 0 fully saturated rings. The Kier molecular flexibility index (Phi) is 4.82. The van der Waals surface area contributed by atoms with Crippen molar-refractivity contribution in [1.29, 1.82) is 0 Å². The maximum absolute atomic E-state index is 12.7. The molecule has 9 heteroatoms. The number of H-pyrrole nitrogens is 1. The van der Waals surface area contributed by atoms with E-state index in [9.17, 15) is 22.8 Å². The first-order chi connectivity index (χ1) is 11.2. The van der Waals surface area contributed by atoms with Crippen LogP contribution in [-0.4, -0.2) is 25.1 Å². The molecule has 24 heavy (non-hydrogen) atoms. The van der Waals surface area contributed by atoms with Gasteiger partial charge in [-0.05, 0) is 18.2 Å². The van der Waals surface area contributed by atoms with Gasteiger partial charge >= 0.3 is 6.18 Å². The van der Waals surface area contributed by atoms with E-state index in [-0.39, 0.29) is 5.56 Å². The van der Waals surface area contributed by atoms with Gasteiger partial charge in [0.25, 0.3) is 11.5 Å². The van der Waals surface area contributed by atoms with Gasteiger partial charge in [0.15, 0.2) is 0 Å². The summed E-state index contributed by atoms with van der Waals surface area (Å²) >= 11 is 0. The zero-order valence-corrected chi connectivity index (χ0v) is 12.7. The van der Waals surface area contributed by atoms with E-state index in [0.29, 0.717) is 23.8 Å². The van der Waals surface area contributed by atoms with Crippen molar-refractivity contribution in [2.75, 3.05) is 19.5 Å². The second-order valence-corrected chi connectivity index (χ2v) is 4.68. The monoisotopic (exact) mass is 342 g/mol. The first kappa shape index (κ1) is 17.4. The maximum Gasteiger partial charge on any atom is 0.417 e. The zero-order valence-electron chi connectivity index (χ0n) is 12.7. The number of aromatic amines is 1. The zero-order chi connectivity index (χ0) is 17.9. The van der Waals surface area contributed by atoms with Gasteiger partial charge in [-0.3, -0.25) is 9.59 Å². The lowest BCUT2D eigenvalue weighted by molar-refractivity contribution is -0.137. The Bertz CT molecular complexity index is 793. The minimum Gasteiger partial charge on any atom is -0.497 e. The standard InChI is InChI=1S/C15H13F3N2O4/c1-23-10-3-8(4-11(6-10)24-2)13(21)20-12-5-9(15(16,17)18)7-19-14(12)22/h3-7H,1-2H3,(H,19,22)(H,20,21). The van der Waals surface area contributed by atoms with Crippen molar-refractivity contribution in [1.82, 2.24) is 4.98 Å². The van der Waals surface area contributed by atoms with Crippen molar-refractivity contribution >= 4 is 11.6 Å². The topological polar surface area (TPSA) is 80.4 Å². The average molecular weight is 342 g/mol. The summed E-state index contributed by atoms with van der Waals surface area (Å²) in [5.74, 6) is -0.146. The number of ether oxygens (including phenoxy) is 2. The molecule has 0 aliphatic rings. The smallest absolute Gasteiger partial charge is 0.417 e. The summed E-state index contributed by atoms with van der Waals surface area (Å²) in [5.41, 5.74) is -2.40. The number of hydrogen-bond donors (Lipinski definition) is 2. The van der Waals surface area contributed by atoms with Crippen LogP contribution in [0.1, 0.15) is 15.9 Å². The summed E-state index contributed by atoms with van der Waals surface area (Å²) in [7, 11) is 2.77. The van der Waals surface area contributed by atoms with Crippen molar-refractivity contribution in [3.05, 3.63) is 51.9 Å². The number of carbonyl (C=O) groups excluding carboxylic acids is 1. The fourth-order valence-corrected chi connectivity index (χ4v) is 1.87. The summed E-state index contributed by atoms with van der Waals surface area (Å²) in [6.07, 6.45) is -4.12. The minimum absolute atomic E-state index is 0.0583. The number of hydrogen-bond acceptors (Lipinski definition) is 4. The molecule has 0 aliphatic carbocycles. The summed E-state index contributed by atoms with van der Waals surface area (Å²) in [5, 5.41) is 2.15. The largest absolute Gasteiger partial charge is 0.497 e. The van der Waals surface area contributed by atoms with Crippen LogP contribution in [0.2, 0.25) is 0 Å². The summed E-state index contributed by atoms with van der Waals surface area (Å²) in [6.45, 7) is 0. The number of carbonyl (C=O) groups is 1. The van der Waals surface area contributed by atoms with Gasteiger partial charge in [0.1, 0.15) is 17.2 Å². The molecule has 1 aromatic heterocycles. The van der Waals surface area contributed by atoms with Gasteiger partial charge in [0.05, 0.1) is 19.8 Å². The van der Waals surface area contributed by atoms with E-state index in [1.807, 2.05) is 4.98 Å². The summed E-state index contributed by atoms with van der Waals surface area (Å²) < 4.78 is 48.1. The third-order valence-electron chi connectivity index (χ3n) is 3.09. The van der Waals surface area contributed by atoms with Crippen molar-refractivity contribution in [3.8, 4) is 11.5 Å². The average Bonchev–Trinajstić information content (AvgIpc) is 2.55. The van der Waals surface area contributed by atoms with E-state index in [1.54, 1.807) is 0 Å². The molecule has 1 aromatic carbocycles. The van der Waals surface area contributed by atoms with Crippen molar-refractivity contribution in [2.24, 2.45) is 0 Å². The predicted octanol–water partition coefficient (Wildman–Crippen LogP) is 2.66. The number of halogens is 3. The Balaban J connectivity index is 2.35. The van der Waals surface area contributed by atoms with Crippen LogP contribution in [0.4, 0.5) is 18.9 Å². The van der Waals surface area contributed by atoms with Gasteiger partial charge in [-0.2, -0.15) is 13.2 Å². The quantitative estimate of drug-likeness (QED) is 0.895. The molecule has 6 nitrogen and oxygen atoms in total. The molecular formula is C15H13F3N2O4. The molecule has 0 unspecified atom stereocenters. The first-order valence-electron chi connectivity index (χ1n) is 6.59. The van der Waals surface area contributed by atoms with Gasteiger partial charge < -0.3 is 19.8 Å². The predicted molar refractivity (Wildman–Crippen MR) is 79.6 cm³/mol. The van der Waals surface area contributed by atoms with E-state index >= 15 is 0 Å². The van der Waals surface area contributed by atoms with Crippen LogP contribution in [-0.2, 0) is 6.18 Å². The highest BCUT2D eigenvalue weighted by atomic mass is 19.4. The third-order valence-corrected chi connectivity index (χ3v) is 3.09. The van der Waals surface area contributed by atoms with Crippen molar-refractivity contribution in [2.45, 2.75) is 6.18 Å². The molecule has 0 spiro atoms. The maximum atomic E-state index is 12.7. The lowest BCUT2D eigenvalue weighted by atomic mass is 10.1. The van der Waals surface area contributed by atoms with Crippen LogP contribution in [0.25, 0.3) is 0 Å². The molecule has 1 amide bonds. The fourth-order valence-electron chi connectivity index (χ4n) is 1.87. The normalized spacial score (nSPS) is 11.0. The highest BCUT2D eigenvalue weighted by molar-refractivity contribution is 6.04. The van der Waals surface area contributed by atoms with Crippen molar-refractivity contribution in [3.63, 3.8) is 0 Å². The van der Waals surface area contributed by atoms with E-state index in [2.05, 4.69) is 5.32 Å². The van der Waals surface area contributed by atoms with Gasteiger partial charge in [0, 0.05) is 17.8 Å². The van der Waals surface area contributed by atoms with E-state index in [4.69, 9.17) is 9.47 Å². The SMILES string of the molecule is COc1cc(OC)cc(C(=O)Nc2cc(C(F)(F)F)c[nH]c2=O)c1. The summed E-state index contributed by atoms with van der Waals surface area (Å²) in [6, 6.07) is 4.81. The molecule has 2 rings (SSSR count). The molecule has 2 N–H and O–H groups in total. The van der Waals surface area contributed by atoms with Crippen LogP contribution in [0.3, 0.4) is 0 Å². The highest BCUT2D eigenvalue weighted by Crippen LogP contribution is 2.29. The number of nitrogens with one attached hydrogen (secondary N) is 2. The van der Waals surface area contributed by atoms with Gasteiger partial charge in [0.2, 0.25) is 0 Å². The molecule has 2 aromatic rings. The number of alkyl halides is 3. The molecule has 0 saturated heterocycles. The van der Waals surface area contributed by atoms with Crippen LogP contribution in [0.15, 0.2) is 35.3 Å². The Hall–Kier alpha value is -2.97. The molecule has 0 atom stereocenters. The van der Waals surface area contributed by atoms with Crippen LogP contribution in [0.5, 0.6) is 11.5 Å². The van der Waals surface area contributed by atoms with E-state index in [1.165, 1.54) is 32.4 Å². The van der Waals surface area contributed by atoms with Gasteiger partial charge in [-0.1, -0.05) is 0 Å². The number of rotatable bonds is 4. The minimum atomic E-state index is -4.65. The Morgan fingerprint density at radius 3 is 2.17 bits per heavy atom. The second-order valence-electron chi connectivity index (χ2n) is 4.68. The molecule has 128 valence electrons. The number of benzene rings is 1. The Morgan fingerprint density at radius 2 is 1.67 bits per heavy atom. The van der Waals surface area contributed by atoms with Gasteiger partial charge in [-0.25, -0.2) is 0 Å². The van der Waals surface area contributed by atoms with E-state index < -0.39 is 28.9 Å². The Morgan fingerprint density at radius 1 is 1.08 bits per heavy atom. The third kappa shape index (κ3) is 3.86. The lowest BCUT2D eigenvalue weighted by Gasteiger charge is -2.10. The molecule has 0 radical (unpaired) electrons. The van der Waals surface area contributed by atoms with Crippen LogP contribution < -0.4 is 20.3 Å². The number of methoxy groups -OCH3 is 2. The Labute approximate surface area is 134 Å². The fraction of sp³-hybridized carbons (Fsp3) is 0.200. The van der Waals surface area contributed by atoms with Crippen LogP contribution >= 0.6 is 0 Å². The molecule has 0 saturated carbocycles. The highest BCUT2D eigenvalue weighted by Gasteiger charge is 2.31. The number of pyridine rings is 1. The number of amides is 1. The number of anilines is 1. The summed E-state index contributed by atoms with van der Waals surface area (Å²) in [4.78, 5) is 25.8. The van der Waals surface area contributed by atoms with Gasteiger partial charge in [-0.15, -0.1) is 0 Å². The first-order valence-corrected chi connectivity index (χ1v) is 6.59. The van der Waals surface area contributed by atoms with Crippen molar-refractivity contribution < 1.29 is 27.4 Å². The van der Waals surface area contributed by atoms with E-state index in [0.717, 1.165) is 0 Å². The van der Waals surface area contributed by atoms with Crippen LogP contribution in [0, 0.1) is 0 Å². The molecule has 1 heterocycles. The lowest BCUT2D eigenvalue weighted by Crippen LogP contribution is -2.21. The molecule has 0 aliphatic heterocycles.